The molecule has 1 rings (SSSR count). The molecule has 0 radical (unpaired) electrons. The standard InChI is InChI=1S/C10H16FN3/c1-4-10(2,3)7-14-9-12-5-8(11)6-13-9/h5-6H,4,7H2,1-3H3,(H,12,13,14). The number of halogens is 1. The summed E-state index contributed by atoms with van der Waals surface area (Å²) in [6.45, 7) is 7.23. The van der Waals surface area contributed by atoms with Crippen LogP contribution in [0.4, 0.5) is 10.3 Å². The van der Waals surface area contributed by atoms with Gasteiger partial charge in [-0.3, -0.25) is 0 Å². The molecule has 1 N–H and O–H groups in total. The van der Waals surface area contributed by atoms with Crippen molar-refractivity contribution in [2.45, 2.75) is 27.2 Å². The molecule has 0 unspecified atom stereocenters. The van der Waals surface area contributed by atoms with Crippen molar-refractivity contribution >= 4 is 5.95 Å². The largest absolute Gasteiger partial charge is 0.354 e. The maximum absolute atomic E-state index is 12.5. The third-order valence-electron chi connectivity index (χ3n) is 2.30. The third kappa shape index (κ3) is 3.28. The summed E-state index contributed by atoms with van der Waals surface area (Å²) in [7, 11) is 0. The zero-order chi connectivity index (χ0) is 10.6. The molecule has 1 heterocycles. The van der Waals surface area contributed by atoms with E-state index in [9.17, 15) is 4.39 Å². The molecule has 4 heteroatoms. The van der Waals surface area contributed by atoms with Crippen LogP contribution in [0.2, 0.25) is 0 Å². The van der Waals surface area contributed by atoms with Crippen LogP contribution in [-0.4, -0.2) is 16.5 Å². The molecule has 0 atom stereocenters. The van der Waals surface area contributed by atoms with E-state index in [1.165, 1.54) is 0 Å². The van der Waals surface area contributed by atoms with Crippen molar-refractivity contribution in [3.8, 4) is 0 Å². The van der Waals surface area contributed by atoms with Gasteiger partial charge in [-0.25, -0.2) is 14.4 Å². The van der Waals surface area contributed by atoms with E-state index in [4.69, 9.17) is 0 Å². The molecule has 1 aromatic rings. The Balaban J connectivity index is 2.50. The van der Waals surface area contributed by atoms with Crippen LogP contribution < -0.4 is 5.32 Å². The van der Waals surface area contributed by atoms with Crippen LogP contribution in [0.1, 0.15) is 27.2 Å². The SMILES string of the molecule is CCC(C)(C)CNc1ncc(F)cn1. The normalized spacial score (nSPS) is 11.4. The van der Waals surface area contributed by atoms with Crippen molar-refractivity contribution in [1.82, 2.24) is 9.97 Å². The molecule has 0 saturated heterocycles. The lowest BCUT2D eigenvalue weighted by Gasteiger charge is -2.22. The summed E-state index contributed by atoms with van der Waals surface area (Å²) in [4.78, 5) is 7.64. The summed E-state index contributed by atoms with van der Waals surface area (Å²) in [6, 6.07) is 0. The number of rotatable bonds is 4. The monoisotopic (exact) mass is 197 g/mol. The molecule has 0 aromatic carbocycles. The minimum atomic E-state index is -0.412. The molecule has 3 nitrogen and oxygen atoms in total. The quantitative estimate of drug-likeness (QED) is 0.805. The smallest absolute Gasteiger partial charge is 0.222 e. The van der Waals surface area contributed by atoms with E-state index in [0.29, 0.717) is 5.95 Å². The lowest BCUT2D eigenvalue weighted by atomic mass is 9.90. The van der Waals surface area contributed by atoms with Crippen molar-refractivity contribution in [2.75, 3.05) is 11.9 Å². The molecular formula is C10H16FN3. The third-order valence-corrected chi connectivity index (χ3v) is 2.30. The molecule has 0 aliphatic heterocycles. The maximum atomic E-state index is 12.5. The fraction of sp³-hybridized carbons (Fsp3) is 0.600. The first-order valence-electron chi connectivity index (χ1n) is 4.75. The van der Waals surface area contributed by atoms with E-state index < -0.39 is 5.82 Å². The average Bonchev–Trinajstić information content (AvgIpc) is 2.17. The number of hydrogen-bond donors (Lipinski definition) is 1. The second kappa shape index (κ2) is 4.35. The molecule has 0 fully saturated rings. The minimum absolute atomic E-state index is 0.206. The van der Waals surface area contributed by atoms with E-state index in [-0.39, 0.29) is 5.41 Å². The molecule has 0 amide bonds. The average molecular weight is 197 g/mol. The van der Waals surface area contributed by atoms with Crippen LogP contribution in [0.5, 0.6) is 0 Å². The predicted molar refractivity (Wildman–Crippen MR) is 54.6 cm³/mol. The first-order chi connectivity index (χ1) is 6.53. The summed E-state index contributed by atoms with van der Waals surface area (Å²) >= 11 is 0. The molecule has 1 aromatic heterocycles. The number of anilines is 1. The van der Waals surface area contributed by atoms with Crippen molar-refractivity contribution < 1.29 is 4.39 Å². The summed E-state index contributed by atoms with van der Waals surface area (Å²) < 4.78 is 12.5. The van der Waals surface area contributed by atoms with E-state index in [1.807, 2.05) is 0 Å². The van der Waals surface area contributed by atoms with E-state index in [1.54, 1.807) is 0 Å². The van der Waals surface area contributed by atoms with Gasteiger partial charge in [0.15, 0.2) is 5.82 Å². The fourth-order valence-corrected chi connectivity index (χ4v) is 0.847. The maximum Gasteiger partial charge on any atom is 0.222 e. The molecule has 14 heavy (non-hydrogen) atoms. The zero-order valence-electron chi connectivity index (χ0n) is 8.84. The van der Waals surface area contributed by atoms with Crippen LogP contribution in [0.15, 0.2) is 12.4 Å². The second-order valence-electron chi connectivity index (χ2n) is 4.10. The molecule has 78 valence electrons. The summed E-state index contributed by atoms with van der Waals surface area (Å²) in [6.07, 6.45) is 3.39. The zero-order valence-corrected chi connectivity index (χ0v) is 8.84. The highest BCUT2D eigenvalue weighted by molar-refractivity contribution is 5.22. The van der Waals surface area contributed by atoms with E-state index >= 15 is 0 Å². The van der Waals surface area contributed by atoms with Crippen LogP contribution in [-0.2, 0) is 0 Å². The van der Waals surface area contributed by atoms with Crippen LogP contribution >= 0.6 is 0 Å². The van der Waals surface area contributed by atoms with Gasteiger partial charge in [-0.1, -0.05) is 20.8 Å². The highest BCUT2D eigenvalue weighted by atomic mass is 19.1. The van der Waals surface area contributed by atoms with Crippen LogP contribution in [0.3, 0.4) is 0 Å². The number of hydrogen-bond acceptors (Lipinski definition) is 3. The highest BCUT2D eigenvalue weighted by Gasteiger charge is 2.14. The van der Waals surface area contributed by atoms with Gasteiger partial charge in [0.05, 0.1) is 12.4 Å². The first-order valence-corrected chi connectivity index (χ1v) is 4.75. The van der Waals surface area contributed by atoms with Gasteiger partial charge in [0.2, 0.25) is 5.95 Å². The number of nitrogens with zero attached hydrogens (tertiary/aromatic N) is 2. The molecule has 0 spiro atoms. The van der Waals surface area contributed by atoms with Gasteiger partial charge in [0.25, 0.3) is 0 Å². The van der Waals surface area contributed by atoms with Crippen LogP contribution in [0.25, 0.3) is 0 Å². The van der Waals surface area contributed by atoms with Crippen molar-refractivity contribution in [2.24, 2.45) is 5.41 Å². The number of nitrogens with one attached hydrogen (secondary N) is 1. The molecule has 0 bridgehead atoms. The Hall–Kier alpha value is -1.19. The molecule has 0 saturated carbocycles. The van der Waals surface area contributed by atoms with Crippen molar-refractivity contribution in [1.29, 1.82) is 0 Å². The van der Waals surface area contributed by atoms with Gasteiger partial charge in [-0.05, 0) is 11.8 Å². The van der Waals surface area contributed by atoms with E-state index in [2.05, 4.69) is 36.1 Å². The van der Waals surface area contributed by atoms with E-state index in [0.717, 1.165) is 25.4 Å². The molecule has 0 aliphatic carbocycles. The van der Waals surface area contributed by atoms with Gasteiger partial charge < -0.3 is 5.32 Å². The first kappa shape index (κ1) is 10.9. The minimum Gasteiger partial charge on any atom is -0.354 e. The fourth-order valence-electron chi connectivity index (χ4n) is 0.847. The summed E-state index contributed by atoms with van der Waals surface area (Å²) in [5.41, 5.74) is 0.206. The Morgan fingerprint density at radius 3 is 2.43 bits per heavy atom. The summed E-state index contributed by atoms with van der Waals surface area (Å²) in [5.74, 6) is 0.0678. The van der Waals surface area contributed by atoms with Gasteiger partial charge in [-0.2, -0.15) is 0 Å². The molecule has 0 aliphatic rings. The lowest BCUT2D eigenvalue weighted by molar-refractivity contribution is 0.376. The van der Waals surface area contributed by atoms with Gasteiger partial charge in [0, 0.05) is 6.54 Å². The lowest BCUT2D eigenvalue weighted by Crippen LogP contribution is -2.22. The topological polar surface area (TPSA) is 37.8 Å². The predicted octanol–water partition coefficient (Wildman–Crippen LogP) is 2.46. The van der Waals surface area contributed by atoms with Crippen molar-refractivity contribution in [3.63, 3.8) is 0 Å². The summed E-state index contributed by atoms with van der Waals surface area (Å²) in [5, 5.41) is 3.07. The Morgan fingerprint density at radius 1 is 1.36 bits per heavy atom. The number of aromatic nitrogens is 2. The Labute approximate surface area is 83.8 Å². The Bertz CT molecular complexity index is 282. The van der Waals surface area contributed by atoms with Gasteiger partial charge >= 0.3 is 0 Å². The van der Waals surface area contributed by atoms with Gasteiger partial charge in [-0.15, -0.1) is 0 Å². The van der Waals surface area contributed by atoms with Crippen LogP contribution in [0, 0.1) is 11.2 Å². The molecular weight excluding hydrogens is 181 g/mol. The Kier molecular flexibility index (Phi) is 3.38. The van der Waals surface area contributed by atoms with Gasteiger partial charge in [0.1, 0.15) is 0 Å². The Morgan fingerprint density at radius 2 is 1.93 bits per heavy atom. The highest BCUT2D eigenvalue weighted by Crippen LogP contribution is 2.19. The second-order valence-corrected chi connectivity index (χ2v) is 4.10. The van der Waals surface area contributed by atoms with Crippen molar-refractivity contribution in [3.05, 3.63) is 18.2 Å².